The van der Waals surface area contributed by atoms with E-state index in [9.17, 15) is 15.0 Å². The summed E-state index contributed by atoms with van der Waals surface area (Å²) in [5.41, 5.74) is 1.03. The Morgan fingerprint density at radius 1 is 0.900 bits per heavy atom. The zero-order valence-corrected chi connectivity index (χ0v) is 17.0. The molecule has 1 spiro atoms. The molecule has 1 unspecified atom stereocenters. The van der Waals surface area contributed by atoms with E-state index in [4.69, 9.17) is 9.47 Å². The van der Waals surface area contributed by atoms with Gasteiger partial charge >= 0.3 is 5.97 Å². The van der Waals surface area contributed by atoms with E-state index in [0.717, 1.165) is 5.57 Å². The van der Waals surface area contributed by atoms with Gasteiger partial charge in [0.1, 0.15) is 23.0 Å². The first-order valence-electron chi connectivity index (χ1n) is 9.96. The molecule has 0 saturated heterocycles. The van der Waals surface area contributed by atoms with Gasteiger partial charge in [-0.15, -0.1) is 0 Å². The molecule has 1 aliphatic carbocycles. The number of hydrogen-bond acceptors (Lipinski definition) is 5. The van der Waals surface area contributed by atoms with Crippen LogP contribution in [0.2, 0.25) is 0 Å². The summed E-state index contributed by atoms with van der Waals surface area (Å²) in [5.74, 6) is 0.745. The van der Waals surface area contributed by atoms with Crippen molar-refractivity contribution in [2.24, 2.45) is 11.3 Å². The quantitative estimate of drug-likeness (QED) is 0.650. The summed E-state index contributed by atoms with van der Waals surface area (Å²) in [6, 6.07) is 9.52. The van der Waals surface area contributed by atoms with Crippen molar-refractivity contribution in [2.45, 2.75) is 26.4 Å². The molecule has 0 saturated carbocycles. The molecule has 0 bridgehead atoms. The highest BCUT2D eigenvalue weighted by Gasteiger charge is 2.54. The van der Waals surface area contributed by atoms with Crippen LogP contribution in [0.1, 0.15) is 31.9 Å². The average Bonchev–Trinajstić information content (AvgIpc) is 2.82. The van der Waals surface area contributed by atoms with Crippen LogP contribution >= 0.6 is 0 Å². The van der Waals surface area contributed by atoms with E-state index < -0.39 is 11.6 Å². The van der Waals surface area contributed by atoms with Crippen molar-refractivity contribution < 1.29 is 24.5 Å². The number of esters is 1. The van der Waals surface area contributed by atoms with Gasteiger partial charge in [-0.25, -0.2) is 4.79 Å². The number of rotatable bonds is 1. The average molecular weight is 402 g/mol. The number of ether oxygens (including phenoxy) is 2. The topological polar surface area (TPSA) is 76.0 Å². The normalized spacial score (nSPS) is 23.0. The number of allylic oxidation sites excluding steroid dienone is 2. The third-order valence-electron chi connectivity index (χ3n) is 6.51. The van der Waals surface area contributed by atoms with Gasteiger partial charge in [0.25, 0.3) is 0 Å². The van der Waals surface area contributed by atoms with Crippen molar-refractivity contribution in [1.29, 1.82) is 0 Å². The van der Waals surface area contributed by atoms with Gasteiger partial charge in [0, 0.05) is 34.2 Å². The van der Waals surface area contributed by atoms with E-state index in [1.165, 1.54) is 12.1 Å². The van der Waals surface area contributed by atoms with Gasteiger partial charge in [-0.2, -0.15) is 0 Å². The number of phenols is 2. The van der Waals surface area contributed by atoms with E-state index in [0.29, 0.717) is 34.1 Å². The van der Waals surface area contributed by atoms with Crippen LogP contribution in [0, 0.1) is 11.3 Å². The van der Waals surface area contributed by atoms with E-state index in [1.807, 2.05) is 18.2 Å². The molecule has 2 aromatic carbocycles. The van der Waals surface area contributed by atoms with Crippen molar-refractivity contribution in [1.82, 2.24) is 0 Å². The summed E-state index contributed by atoms with van der Waals surface area (Å²) in [7, 11) is 0. The Morgan fingerprint density at radius 3 is 2.03 bits per heavy atom. The minimum absolute atomic E-state index is 0.0368. The number of phenolic OH excluding ortho intramolecular Hbond substituents is 2. The maximum absolute atomic E-state index is 13.1. The predicted molar refractivity (Wildman–Crippen MR) is 111 cm³/mol. The van der Waals surface area contributed by atoms with Gasteiger partial charge in [0.05, 0.1) is 5.57 Å². The van der Waals surface area contributed by atoms with Gasteiger partial charge in [-0.3, -0.25) is 0 Å². The third kappa shape index (κ3) is 2.38. The molecule has 2 aromatic rings. The summed E-state index contributed by atoms with van der Waals surface area (Å²) in [6.07, 6.45) is 7.97. The van der Waals surface area contributed by atoms with Crippen LogP contribution in [0.3, 0.4) is 0 Å². The van der Waals surface area contributed by atoms with Crippen molar-refractivity contribution in [3.05, 3.63) is 83.0 Å². The van der Waals surface area contributed by atoms with Crippen molar-refractivity contribution >= 4 is 5.97 Å². The van der Waals surface area contributed by atoms with Crippen LogP contribution in [0.5, 0.6) is 23.0 Å². The molecule has 0 radical (unpaired) electrons. The fraction of sp³-hybridized carbons (Fsp3) is 0.240. The van der Waals surface area contributed by atoms with Crippen molar-refractivity contribution in [2.75, 3.05) is 0 Å². The molecular formula is C25H22O5. The molecule has 2 heterocycles. The molecule has 5 nitrogen and oxygen atoms in total. The molecule has 3 aliphatic rings. The van der Waals surface area contributed by atoms with Crippen LogP contribution < -0.4 is 4.74 Å². The van der Waals surface area contributed by atoms with E-state index in [-0.39, 0.29) is 16.9 Å². The number of benzene rings is 2. The zero-order valence-electron chi connectivity index (χ0n) is 17.0. The minimum Gasteiger partial charge on any atom is -0.508 e. The highest BCUT2D eigenvalue weighted by molar-refractivity contribution is 5.98. The van der Waals surface area contributed by atoms with E-state index in [1.54, 1.807) is 24.3 Å². The number of carbonyl (C=O) groups is 1. The van der Waals surface area contributed by atoms with Crippen LogP contribution in [-0.4, -0.2) is 16.2 Å². The lowest BCUT2D eigenvalue weighted by Crippen LogP contribution is -2.34. The number of fused-ring (bicyclic) bond motifs is 5. The predicted octanol–water partition coefficient (Wildman–Crippen LogP) is 5.09. The molecule has 2 aliphatic heterocycles. The highest BCUT2D eigenvalue weighted by Crippen LogP contribution is 2.58. The Bertz CT molecular complexity index is 1130. The Labute approximate surface area is 174 Å². The van der Waals surface area contributed by atoms with Gasteiger partial charge < -0.3 is 19.7 Å². The number of carbonyl (C=O) groups excluding carboxylic acids is 1. The number of aromatic hydroxyl groups is 2. The maximum Gasteiger partial charge on any atom is 0.340 e. The Kier molecular flexibility index (Phi) is 3.72. The lowest BCUT2D eigenvalue weighted by molar-refractivity contribution is -0.144. The van der Waals surface area contributed by atoms with Gasteiger partial charge in [0.15, 0.2) is 5.60 Å². The monoisotopic (exact) mass is 402 g/mol. The Morgan fingerprint density at radius 2 is 1.47 bits per heavy atom. The summed E-state index contributed by atoms with van der Waals surface area (Å²) < 4.78 is 12.1. The second-order valence-electron chi connectivity index (χ2n) is 8.55. The molecule has 30 heavy (non-hydrogen) atoms. The zero-order chi connectivity index (χ0) is 21.3. The van der Waals surface area contributed by atoms with Gasteiger partial charge in [-0.05, 0) is 30.2 Å². The molecule has 0 aromatic heterocycles. The first-order valence-corrected chi connectivity index (χ1v) is 9.96. The highest BCUT2D eigenvalue weighted by atomic mass is 16.6. The molecule has 0 amide bonds. The van der Waals surface area contributed by atoms with Gasteiger partial charge in [0.2, 0.25) is 0 Å². The second-order valence-corrected chi connectivity index (χ2v) is 8.55. The smallest absolute Gasteiger partial charge is 0.340 e. The first kappa shape index (κ1) is 18.6. The van der Waals surface area contributed by atoms with E-state index >= 15 is 0 Å². The lowest BCUT2D eigenvalue weighted by atomic mass is 9.76. The largest absolute Gasteiger partial charge is 0.508 e. The van der Waals surface area contributed by atoms with Crippen molar-refractivity contribution in [3.8, 4) is 23.0 Å². The lowest BCUT2D eigenvalue weighted by Gasteiger charge is -2.37. The van der Waals surface area contributed by atoms with Gasteiger partial charge in [-0.1, -0.05) is 45.1 Å². The Balaban J connectivity index is 1.82. The fourth-order valence-electron chi connectivity index (χ4n) is 4.32. The van der Waals surface area contributed by atoms with Crippen molar-refractivity contribution in [3.63, 3.8) is 0 Å². The van der Waals surface area contributed by atoms with E-state index in [2.05, 4.69) is 26.8 Å². The van der Waals surface area contributed by atoms with Crippen LogP contribution in [0.15, 0.2) is 71.8 Å². The standard InChI is InChI=1S/C25H22O5/c1-14(2)24(3)10-8-17-18(9-11-24)25(30-23(17)28)19-6-4-15(26)12-21(19)29-22-13-16(27)5-7-20(22)25/h4-14,26-27H,1-3H3. The first-order chi connectivity index (χ1) is 14.2. The summed E-state index contributed by atoms with van der Waals surface area (Å²) in [4.78, 5) is 13.1. The summed E-state index contributed by atoms with van der Waals surface area (Å²) in [6.45, 7) is 6.42. The summed E-state index contributed by atoms with van der Waals surface area (Å²) >= 11 is 0. The van der Waals surface area contributed by atoms with Crippen LogP contribution in [0.4, 0.5) is 0 Å². The second kappa shape index (κ2) is 6.02. The van der Waals surface area contributed by atoms with Crippen LogP contribution in [0.25, 0.3) is 0 Å². The molecule has 0 fully saturated rings. The third-order valence-corrected chi connectivity index (χ3v) is 6.51. The molecule has 5 heteroatoms. The SMILES string of the molecule is CC(C)C1(C)C=CC2=C(C=C1)C1(OC2=O)c2ccc(O)cc2Oc2cc(O)ccc21. The fourth-order valence-corrected chi connectivity index (χ4v) is 4.32. The molecule has 5 rings (SSSR count). The molecule has 1 atom stereocenters. The number of hydrogen-bond donors (Lipinski definition) is 2. The van der Waals surface area contributed by atoms with Crippen LogP contribution in [-0.2, 0) is 15.1 Å². The minimum atomic E-state index is -1.22. The molecule has 2 N–H and O–H groups in total. The molecular weight excluding hydrogens is 380 g/mol. The summed E-state index contributed by atoms with van der Waals surface area (Å²) in [5, 5.41) is 20.0. The molecule has 152 valence electrons. The maximum atomic E-state index is 13.1. The Hall–Kier alpha value is -3.47.